The van der Waals surface area contributed by atoms with Crippen LogP contribution in [0, 0.1) is 0 Å². The number of rotatable bonds is 6. The number of hydrogen-bond acceptors (Lipinski definition) is 4. The van der Waals surface area contributed by atoms with Gasteiger partial charge in [-0.3, -0.25) is 0 Å². The van der Waals surface area contributed by atoms with Crippen molar-refractivity contribution in [1.29, 1.82) is 0 Å². The molecule has 0 aromatic carbocycles. The topological polar surface area (TPSA) is 40.5 Å². The van der Waals surface area contributed by atoms with E-state index in [-0.39, 0.29) is 33.7 Å². The Morgan fingerprint density at radius 3 is 1.34 bits per heavy atom. The van der Waals surface area contributed by atoms with E-state index in [1.807, 2.05) is 0 Å². The van der Waals surface area contributed by atoms with Gasteiger partial charge in [0.1, 0.15) is 0 Å². The van der Waals surface area contributed by atoms with Crippen molar-refractivity contribution in [2.24, 2.45) is 0 Å². The van der Waals surface area contributed by atoms with E-state index in [2.05, 4.69) is 0 Å². The van der Waals surface area contributed by atoms with Crippen LogP contribution in [0.5, 0.6) is 0 Å². The van der Waals surface area contributed by atoms with Gasteiger partial charge in [0.25, 0.3) is 0 Å². The molecule has 2 N–H and O–H groups in total. The van der Waals surface area contributed by atoms with Crippen LogP contribution in [0.1, 0.15) is 45.9 Å². The molecule has 0 atom stereocenters. The van der Waals surface area contributed by atoms with E-state index in [1.165, 1.54) is 10.8 Å². The van der Waals surface area contributed by atoms with E-state index in [1.54, 1.807) is 13.8 Å². The van der Waals surface area contributed by atoms with Crippen molar-refractivity contribution >= 4 is 33.8 Å². The van der Waals surface area contributed by atoms with Gasteiger partial charge < -0.3 is 10.2 Å². The lowest BCUT2D eigenvalue weighted by Gasteiger charge is -2.26. The number of aliphatic hydroxyl groups is 2. The molecule has 0 amide bonds. The van der Waals surface area contributed by atoms with Crippen LogP contribution in [0.15, 0.2) is 10.8 Å². The summed E-state index contributed by atoms with van der Waals surface area (Å²) in [5, 5.41) is 21.7. The highest BCUT2D eigenvalue weighted by molar-refractivity contribution is 7.10. The number of alkyl halides is 6. The number of halogens is 6. The van der Waals surface area contributed by atoms with Gasteiger partial charge in [-0.05, 0) is 34.7 Å². The Morgan fingerprint density at radius 2 is 1.07 bits per heavy atom. The standard InChI is InChI=1S/C19H18F6O2S2/c1-3-11-13(9(5-26)7-28-11)15-16(14-10(6-27)8-29-12(14)4-2)18(22,23)19(24,25)17(15,20)21/h7-8,26-27H,3-6H2,1-2H3. The van der Waals surface area contributed by atoms with Gasteiger partial charge in [-0.2, -0.15) is 26.3 Å². The summed E-state index contributed by atoms with van der Waals surface area (Å²) in [6.45, 7) is 1.66. The number of allylic oxidation sites excluding steroid dienone is 2. The predicted molar refractivity (Wildman–Crippen MR) is 101 cm³/mol. The minimum absolute atomic E-state index is 0.105. The molecule has 0 radical (unpaired) electrons. The molecular weight excluding hydrogens is 438 g/mol. The second-order valence-corrected chi connectivity index (χ2v) is 8.54. The highest BCUT2D eigenvalue weighted by atomic mass is 32.1. The fraction of sp³-hybridized carbons (Fsp3) is 0.474. The third kappa shape index (κ3) is 2.90. The fourth-order valence-electron chi connectivity index (χ4n) is 3.62. The molecule has 2 aromatic rings. The minimum atomic E-state index is -5.66. The van der Waals surface area contributed by atoms with Crippen molar-refractivity contribution in [2.45, 2.75) is 57.7 Å². The molecule has 0 saturated carbocycles. The van der Waals surface area contributed by atoms with E-state index in [0.29, 0.717) is 0 Å². The van der Waals surface area contributed by atoms with Crippen LogP contribution in [0.4, 0.5) is 26.3 Å². The highest BCUT2D eigenvalue weighted by Gasteiger charge is 2.80. The van der Waals surface area contributed by atoms with Crippen LogP contribution in [0.25, 0.3) is 11.1 Å². The van der Waals surface area contributed by atoms with Gasteiger partial charge in [0.15, 0.2) is 0 Å². The molecule has 1 aliphatic carbocycles. The molecule has 10 heteroatoms. The van der Waals surface area contributed by atoms with Gasteiger partial charge in [-0.25, -0.2) is 0 Å². The average molecular weight is 456 g/mol. The predicted octanol–water partition coefficient (Wildman–Crippen LogP) is 5.75. The van der Waals surface area contributed by atoms with Gasteiger partial charge >= 0.3 is 17.8 Å². The second-order valence-electron chi connectivity index (χ2n) is 6.61. The molecular formula is C19H18F6O2S2. The normalized spacial score (nSPS) is 19.9. The molecule has 3 rings (SSSR count). The summed E-state index contributed by atoms with van der Waals surface area (Å²) in [7, 11) is 0. The molecule has 0 spiro atoms. The maximum Gasteiger partial charge on any atom is 0.380 e. The summed E-state index contributed by atoms with van der Waals surface area (Å²) in [4.78, 5) is 0.405. The Morgan fingerprint density at radius 1 is 0.724 bits per heavy atom. The fourth-order valence-corrected chi connectivity index (χ4v) is 5.61. The highest BCUT2D eigenvalue weighted by Crippen LogP contribution is 2.66. The summed E-state index contributed by atoms with van der Waals surface area (Å²) in [6.07, 6.45) is 0.280. The Labute approximate surface area is 171 Å². The van der Waals surface area contributed by atoms with Crippen molar-refractivity contribution in [3.8, 4) is 0 Å². The summed E-state index contributed by atoms with van der Waals surface area (Å²) < 4.78 is 88.8. The maximum atomic E-state index is 15.0. The first-order valence-corrected chi connectivity index (χ1v) is 10.6. The largest absolute Gasteiger partial charge is 0.392 e. The Bertz CT molecular complexity index is 841. The minimum Gasteiger partial charge on any atom is -0.392 e. The molecule has 0 aliphatic heterocycles. The second kappa shape index (κ2) is 7.40. The van der Waals surface area contributed by atoms with E-state index < -0.39 is 53.3 Å². The summed E-state index contributed by atoms with van der Waals surface area (Å²) in [5.41, 5.74) is -4.03. The summed E-state index contributed by atoms with van der Waals surface area (Å²) in [6, 6.07) is 0. The monoisotopic (exact) mass is 456 g/mol. The van der Waals surface area contributed by atoms with Crippen LogP contribution in [-0.2, 0) is 26.1 Å². The van der Waals surface area contributed by atoms with E-state index >= 15 is 0 Å². The SMILES string of the molecule is CCc1scc(CO)c1C1=C(c2c(CO)csc2CC)C(F)(F)C(F)(F)C1(F)F. The Balaban J connectivity index is 2.53. The summed E-state index contributed by atoms with van der Waals surface area (Å²) >= 11 is 1.89. The van der Waals surface area contributed by atoms with Gasteiger partial charge in [-0.1, -0.05) is 13.8 Å². The molecule has 2 aromatic heterocycles. The van der Waals surface area contributed by atoms with Crippen LogP contribution in [0.3, 0.4) is 0 Å². The van der Waals surface area contributed by atoms with Crippen LogP contribution < -0.4 is 0 Å². The van der Waals surface area contributed by atoms with Gasteiger partial charge in [0.05, 0.1) is 13.2 Å². The number of aliphatic hydroxyl groups excluding tert-OH is 2. The van der Waals surface area contributed by atoms with Crippen molar-refractivity contribution in [1.82, 2.24) is 0 Å². The maximum absolute atomic E-state index is 15.0. The van der Waals surface area contributed by atoms with E-state index in [4.69, 9.17) is 0 Å². The molecule has 0 saturated heterocycles. The van der Waals surface area contributed by atoms with Crippen molar-refractivity contribution in [2.75, 3.05) is 0 Å². The van der Waals surface area contributed by atoms with Crippen LogP contribution in [0.2, 0.25) is 0 Å². The van der Waals surface area contributed by atoms with Crippen molar-refractivity contribution in [3.05, 3.63) is 42.8 Å². The molecule has 2 heterocycles. The lowest BCUT2D eigenvalue weighted by atomic mass is 9.90. The smallest absolute Gasteiger partial charge is 0.380 e. The molecule has 0 unspecified atom stereocenters. The van der Waals surface area contributed by atoms with E-state index in [0.717, 1.165) is 22.7 Å². The van der Waals surface area contributed by atoms with Crippen LogP contribution >= 0.6 is 22.7 Å². The first kappa shape index (κ1) is 22.3. The first-order chi connectivity index (χ1) is 13.5. The third-order valence-corrected chi connectivity index (χ3v) is 7.40. The number of aryl methyl sites for hydroxylation is 2. The lowest BCUT2D eigenvalue weighted by Crippen LogP contribution is -2.49. The number of hydrogen-bond donors (Lipinski definition) is 2. The molecule has 29 heavy (non-hydrogen) atoms. The zero-order chi connectivity index (χ0) is 21.8. The third-order valence-electron chi connectivity index (χ3n) is 5.04. The van der Waals surface area contributed by atoms with Crippen LogP contribution in [-0.4, -0.2) is 28.0 Å². The molecule has 0 fully saturated rings. The molecule has 2 nitrogen and oxygen atoms in total. The quantitative estimate of drug-likeness (QED) is 0.544. The first-order valence-electron chi connectivity index (χ1n) is 8.80. The average Bonchev–Trinajstić information content (AvgIpc) is 3.29. The Hall–Kier alpha value is -1.36. The zero-order valence-corrected chi connectivity index (χ0v) is 17.1. The molecule has 160 valence electrons. The van der Waals surface area contributed by atoms with Gasteiger partial charge in [-0.15, -0.1) is 22.7 Å². The molecule has 0 bridgehead atoms. The molecule has 1 aliphatic rings. The Kier molecular flexibility index (Phi) is 5.70. The lowest BCUT2D eigenvalue weighted by molar-refractivity contribution is -0.254. The number of thiophene rings is 2. The van der Waals surface area contributed by atoms with Gasteiger partial charge in [0, 0.05) is 32.0 Å². The zero-order valence-electron chi connectivity index (χ0n) is 15.5. The van der Waals surface area contributed by atoms with E-state index in [9.17, 15) is 36.6 Å². The summed E-state index contributed by atoms with van der Waals surface area (Å²) in [5.74, 6) is -16.0. The van der Waals surface area contributed by atoms with Gasteiger partial charge in [0.2, 0.25) is 0 Å². The van der Waals surface area contributed by atoms with Crippen molar-refractivity contribution < 1.29 is 36.6 Å². The van der Waals surface area contributed by atoms with Crippen molar-refractivity contribution in [3.63, 3.8) is 0 Å².